The molecule has 0 saturated carbocycles. The van der Waals surface area contributed by atoms with Gasteiger partial charge >= 0.3 is 0 Å². The zero-order valence-corrected chi connectivity index (χ0v) is 19.9. The third-order valence-electron chi connectivity index (χ3n) is 4.86. The van der Waals surface area contributed by atoms with E-state index >= 15 is 0 Å². The molecule has 0 bridgehead atoms. The Morgan fingerprint density at radius 3 is 2.29 bits per heavy atom. The number of nitrogens with zero attached hydrogens (tertiary/aromatic N) is 2. The number of nitriles is 1. The normalized spacial score (nSPS) is 17.8. The van der Waals surface area contributed by atoms with Crippen LogP contribution in [0.2, 0.25) is 25.7 Å². The van der Waals surface area contributed by atoms with Crippen LogP contribution < -0.4 is 0 Å². The lowest BCUT2D eigenvalue weighted by atomic mass is 9.87. The van der Waals surface area contributed by atoms with E-state index in [-0.39, 0.29) is 0 Å². The van der Waals surface area contributed by atoms with Crippen LogP contribution in [-0.2, 0) is 32.4 Å². The Kier molecular flexibility index (Phi) is 7.62. The van der Waals surface area contributed by atoms with Gasteiger partial charge in [-0.25, -0.2) is 4.21 Å². The van der Waals surface area contributed by atoms with Crippen molar-refractivity contribution >= 4 is 19.1 Å². The maximum Gasteiger partial charge on any atom is 0.112 e. The van der Waals surface area contributed by atoms with Crippen LogP contribution in [0, 0.1) is 11.3 Å². The molecule has 1 aliphatic rings. The molecule has 1 aliphatic heterocycles. The predicted octanol–water partition coefficient (Wildman–Crippen LogP) is 4.05. The van der Waals surface area contributed by atoms with E-state index in [1.165, 1.54) is 0 Å². The number of benzene rings is 1. The molecule has 1 saturated heterocycles. The Balaban J connectivity index is 2.25. The first-order valence-corrected chi connectivity index (χ1v) is 14.6. The summed E-state index contributed by atoms with van der Waals surface area (Å²) in [7, 11) is -2.42. The number of rotatable bonds is 9. The van der Waals surface area contributed by atoms with Gasteiger partial charge in [-0.05, 0) is 37.9 Å². The highest BCUT2D eigenvalue weighted by Gasteiger charge is 2.50. The number of hydrogen-bond acceptors (Lipinski definition) is 4. The maximum atomic E-state index is 13.4. The summed E-state index contributed by atoms with van der Waals surface area (Å²) >= 11 is 0. The largest absolute Gasteiger partial charge is 0.377 e. The molecule has 1 aromatic carbocycles. The standard InChI is InChI=1S/C21H34N2O3SSi/c1-20(2,3)27(24)23(17-25-13-14-28(4,5)6)21(15-26-16-21)19-9-7-18(8-10-19)11-12-22/h7-10H,11,13-17H2,1-6H3. The summed E-state index contributed by atoms with van der Waals surface area (Å²) in [6.45, 7) is 14.9. The molecule has 0 radical (unpaired) electrons. The fourth-order valence-corrected chi connectivity index (χ4v) is 5.08. The molecule has 0 N–H and O–H groups in total. The summed E-state index contributed by atoms with van der Waals surface area (Å²) in [6, 6.07) is 11.3. The van der Waals surface area contributed by atoms with Gasteiger partial charge in [0, 0.05) is 14.7 Å². The van der Waals surface area contributed by atoms with Gasteiger partial charge in [-0.2, -0.15) is 9.57 Å². The van der Waals surface area contributed by atoms with Gasteiger partial charge in [0.2, 0.25) is 0 Å². The van der Waals surface area contributed by atoms with Crippen LogP contribution in [0.1, 0.15) is 31.9 Å². The lowest BCUT2D eigenvalue weighted by Crippen LogP contribution is -2.62. The molecule has 1 atom stereocenters. The van der Waals surface area contributed by atoms with Crippen molar-refractivity contribution in [1.82, 2.24) is 4.31 Å². The van der Waals surface area contributed by atoms with Crippen LogP contribution in [0.25, 0.3) is 0 Å². The number of ether oxygens (including phenoxy) is 2. The van der Waals surface area contributed by atoms with Crippen LogP contribution in [-0.4, -0.2) is 47.9 Å². The Bertz CT molecular complexity index is 713. The molecule has 156 valence electrons. The van der Waals surface area contributed by atoms with E-state index in [1.54, 1.807) is 0 Å². The zero-order valence-electron chi connectivity index (χ0n) is 18.1. The Morgan fingerprint density at radius 1 is 1.25 bits per heavy atom. The molecule has 0 amide bonds. The first-order chi connectivity index (χ1) is 13.0. The SMILES string of the molecule is CC(C)(C)S(=O)N(COCC[Si](C)(C)C)C1(c2ccc(CC#N)cc2)COC1. The first kappa shape index (κ1) is 23.2. The van der Waals surface area contributed by atoms with Crippen molar-refractivity contribution in [3.8, 4) is 6.07 Å². The van der Waals surface area contributed by atoms with Gasteiger partial charge in [0.15, 0.2) is 0 Å². The molecule has 0 aromatic heterocycles. The fourth-order valence-electron chi connectivity index (χ4n) is 2.96. The third kappa shape index (κ3) is 5.74. The van der Waals surface area contributed by atoms with Crippen LogP contribution in [0.15, 0.2) is 24.3 Å². The summed E-state index contributed by atoms with van der Waals surface area (Å²) < 4.78 is 26.6. The Morgan fingerprint density at radius 2 is 1.86 bits per heavy atom. The molecule has 1 aromatic rings. The van der Waals surface area contributed by atoms with Gasteiger partial charge in [0.25, 0.3) is 0 Å². The summed E-state index contributed by atoms with van der Waals surface area (Å²) in [5, 5.41) is 8.90. The van der Waals surface area contributed by atoms with Gasteiger partial charge in [0.05, 0.1) is 30.5 Å². The zero-order chi connectivity index (χ0) is 21.0. The second kappa shape index (κ2) is 9.18. The van der Waals surface area contributed by atoms with E-state index in [4.69, 9.17) is 14.7 Å². The summed E-state index contributed by atoms with van der Waals surface area (Å²) in [5.41, 5.74) is 1.59. The molecule has 2 rings (SSSR count). The summed E-state index contributed by atoms with van der Waals surface area (Å²) in [5.74, 6) is 0. The monoisotopic (exact) mass is 422 g/mol. The minimum Gasteiger partial charge on any atom is -0.377 e. The van der Waals surface area contributed by atoms with Crippen LogP contribution in [0.3, 0.4) is 0 Å². The van der Waals surface area contributed by atoms with Gasteiger partial charge in [0.1, 0.15) is 23.3 Å². The van der Waals surface area contributed by atoms with E-state index in [0.717, 1.165) is 17.2 Å². The molecule has 1 fully saturated rings. The van der Waals surface area contributed by atoms with Gasteiger partial charge < -0.3 is 9.47 Å². The van der Waals surface area contributed by atoms with Crippen molar-refractivity contribution < 1.29 is 13.7 Å². The van der Waals surface area contributed by atoms with E-state index in [1.807, 2.05) is 49.3 Å². The maximum absolute atomic E-state index is 13.4. The minimum atomic E-state index is -1.24. The molecule has 1 unspecified atom stereocenters. The summed E-state index contributed by atoms with van der Waals surface area (Å²) in [4.78, 5) is 0. The van der Waals surface area contributed by atoms with Gasteiger partial charge in [-0.1, -0.05) is 43.9 Å². The Hall–Kier alpha value is -1.04. The van der Waals surface area contributed by atoms with Crippen LogP contribution in [0.5, 0.6) is 0 Å². The summed E-state index contributed by atoms with van der Waals surface area (Å²) in [6.07, 6.45) is 0.390. The predicted molar refractivity (Wildman–Crippen MR) is 117 cm³/mol. The van der Waals surface area contributed by atoms with Crippen molar-refractivity contribution in [2.24, 2.45) is 0 Å². The molecule has 28 heavy (non-hydrogen) atoms. The average molecular weight is 423 g/mol. The number of hydrogen-bond donors (Lipinski definition) is 0. The molecule has 0 aliphatic carbocycles. The van der Waals surface area contributed by atoms with E-state index < -0.39 is 29.3 Å². The van der Waals surface area contributed by atoms with Gasteiger partial charge in [-0.3, -0.25) is 0 Å². The fraction of sp³-hybridized carbons (Fsp3) is 0.667. The van der Waals surface area contributed by atoms with Crippen molar-refractivity contribution in [3.63, 3.8) is 0 Å². The average Bonchev–Trinajstić information content (AvgIpc) is 2.55. The molecule has 0 spiro atoms. The quantitative estimate of drug-likeness (QED) is 0.342. The highest BCUT2D eigenvalue weighted by Crippen LogP contribution is 2.39. The molecule has 5 nitrogen and oxygen atoms in total. The van der Waals surface area contributed by atoms with E-state index in [2.05, 4.69) is 25.7 Å². The minimum absolute atomic E-state index is 0.317. The lowest BCUT2D eigenvalue weighted by molar-refractivity contribution is -0.138. The molecule has 7 heteroatoms. The van der Waals surface area contributed by atoms with Crippen LogP contribution >= 0.6 is 0 Å². The first-order valence-electron chi connectivity index (χ1n) is 9.81. The smallest absolute Gasteiger partial charge is 0.112 e. The van der Waals surface area contributed by atoms with Crippen molar-refractivity contribution in [1.29, 1.82) is 5.26 Å². The van der Waals surface area contributed by atoms with Gasteiger partial charge in [-0.15, -0.1) is 0 Å². The van der Waals surface area contributed by atoms with Crippen molar-refractivity contribution in [3.05, 3.63) is 35.4 Å². The third-order valence-corrected chi connectivity index (χ3v) is 8.47. The molecular weight excluding hydrogens is 388 g/mol. The lowest BCUT2D eigenvalue weighted by Gasteiger charge is -2.50. The van der Waals surface area contributed by atoms with E-state index in [9.17, 15) is 4.21 Å². The second-order valence-corrected chi connectivity index (χ2v) is 17.4. The van der Waals surface area contributed by atoms with Crippen LogP contribution in [0.4, 0.5) is 0 Å². The van der Waals surface area contributed by atoms with Crippen molar-refractivity contribution in [2.75, 3.05) is 26.6 Å². The highest BCUT2D eigenvalue weighted by atomic mass is 32.2. The molecule has 1 heterocycles. The second-order valence-electron chi connectivity index (χ2n) is 9.64. The molecular formula is C21H34N2O3SSi. The highest BCUT2D eigenvalue weighted by molar-refractivity contribution is 7.84. The van der Waals surface area contributed by atoms with E-state index in [0.29, 0.717) is 33.0 Å². The topological polar surface area (TPSA) is 62.6 Å². The Labute approximate surface area is 173 Å². The van der Waals surface area contributed by atoms with Crippen molar-refractivity contribution in [2.45, 2.75) is 63.2 Å².